The zero-order chi connectivity index (χ0) is 19.5. The Balaban J connectivity index is 2.09. The first-order valence-electron chi connectivity index (χ1n) is 6.92. The minimum absolute atomic E-state index is 0.0105. The molecule has 2 atom stereocenters. The Morgan fingerprint density at radius 2 is 2.27 bits per heavy atom. The average molecular weight is 419 g/mol. The molecule has 10 nitrogen and oxygen atoms in total. The Morgan fingerprint density at radius 3 is 2.85 bits per heavy atom. The van der Waals surface area contributed by atoms with Crippen molar-refractivity contribution < 1.29 is 32.1 Å². The van der Waals surface area contributed by atoms with Gasteiger partial charge < -0.3 is 14.6 Å². The molecular formula is C13H13N3O7S3. The number of nitrogens with zero attached hydrogens (tertiary/aromatic N) is 2. The van der Waals surface area contributed by atoms with E-state index < -0.39 is 45.0 Å². The van der Waals surface area contributed by atoms with Gasteiger partial charge in [0.15, 0.2) is 11.5 Å². The van der Waals surface area contributed by atoms with Gasteiger partial charge in [-0.15, -0.1) is 23.5 Å². The summed E-state index contributed by atoms with van der Waals surface area (Å²) >= 11 is 2.15. The Labute approximate surface area is 157 Å². The molecule has 0 aliphatic carbocycles. The number of hydrogen-bond acceptors (Lipinski definition) is 9. The van der Waals surface area contributed by atoms with E-state index in [0.29, 0.717) is 0 Å². The van der Waals surface area contributed by atoms with Gasteiger partial charge in [-0.25, -0.2) is 4.79 Å². The van der Waals surface area contributed by atoms with Crippen LogP contribution in [-0.4, -0.2) is 65.4 Å². The quantitative estimate of drug-likeness (QED) is 0.311. The van der Waals surface area contributed by atoms with Gasteiger partial charge in [-0.1, -0.05) is 0 Å². The molecule has 0 spiro atoms. The number of nitriles is 1. The highest BCUT2D eigenvalue weighted by atomic mass is 32.2. The van der Waals surface area contributed by atoms with Gasteiger partial charge in [0.05, 0.1) is 23.8 Å². The number of amides is 2. The highest BCUT2D eigenvalue weighted by Gasteiger charge is 2.55. The summed E-state index contributed by atoms with van der Waals surface area (Å²) in [5.41, 5.74) is -0.541. The Kier molecular flexibility index (Phi) is 6.21. The fraction of sp³-hybridized carbons (Fsp3) is 0.385. The van der Waals surface area contributed by atoms with Crippen LogP contribution in [-0.2, 0) is 28.7 Å². The van der Waals surface area contributed by atoms with Gasteiger partial charge in [-0.2, -0.15) is 13.7 Å². The number of carboxylic acids is 1. The topological polar surface area (TPSA) is 154 Å². The van der Waals surface area contributed by atoms with Gasteiger partial charge in [-0.3, -0.25) is 14.5 Å². The largest absolute Gasteiger partial charge is 0.476 e. The van der Waals surface area contributed by atoms with Gasteiger partial charge in [-0.05, 0) is 5.41 Å². The van der Waals surface area contributed by atoms with E-state index in [4.69, 9.17) is 5.26 Å². The number of β-lactam (4-membered cyclic amide) rings is 1. The number of hydrogen-bond donors (Lipinski definition) is 2. The molecule has 2 heterocycles. The zero-order valence-corrected chi connectivity index (χ0v) is 15.7. The maximum absolute atomic E-state index is 12.3. The van der Waals surface area contributed by atoms with E-state index in [9.17, 15) is 27.9 Å². The van der Waals surface area contributed by atoms with Crippen LogP contribution in [0, 0.1) is 11.3 Å². The molecule has 140 valence electrons. The van der Waals surface area contributed by atoms with E-state index in [1.54, 1.807) is 6.07 Å². The molecule has 0 radical (unpaired) electrons. The van der Waals surface area contributed by atoms with Crippen LogP contribution in [0.1, 0.15) is 0 Å². The van der Waals surface area contributed by atoms with E-state index in [0.717, 1.165) is 34.7 Å². The van der Waals surface area contributed by atoms with E-state index in [1.807, 2.05) is 0 Å². The molecule has 13 heteroatoms. The second kappa shape index (κ2) is 8.02. The molecule has 2 amide bonds. The van der Waals surface area contributed by atoms with Crippen LogP contribution in [0.3, 0.4) is 0 Å². The number of thioether (sulfide) groups is 2. The molecule has 1 saturated heterocycles. The van der Waals surface area contributed by atoms with Crippen molar-refractivity contribution in [2.45, 2.75) is 11.4 Å². The van der Waals surface area contributed by atoms with Crippen LogP contribution in [0.25, 0.3) is 0 Å². The normalized spacial score (nSPS) is 22.5. The number of rotatable bonds is 7. The van der Waals surface area contributed by atoms with Crippen LogP contribution in [0.5, 0.6) is 0 Å². The predicted molar refractivity (Wildman–Crippen MR) is 92.8 cm³/mol. The lowest BCUT2D eigenvalue weighted by Gasteiger charge is -2.48. The van der Waals surface area contributed by atoms with Gasteiger partial charge >= 0.3 is 16.1 Å². The van der Waals surface area contributed by atoms with Crippen LogP contribution in [0.4, 0.5) is 0 Å². The molecule has 2 aliphatic heterocycles. The summed E-state index contributed by atoms with van der Waals surface area (Å²) in [6.45, 7) is 0. The molecule has 0 aromatic carbocycles. The highest BCUT2D eigenvalue weighted by molar-refractivity contribution is 8.02. The standard InChI is InChI=1S/C13H13N3O7S3/c1-26(21,22)23-7-5-25-12-9(11(18)16(12)10(7)13(19)20)15-8(17)6-24-4-2-3-14/h2,4,9,12H,5-6H2,1H3,(H,15,17)(H,19,20)/t9-,12+/m1/s1. The number of nitrogens with one attached hydrogen (secondary N) is 1. The summed E-state index contributed by atoms with van der Waals surface area (Å²) in [6, 6.07) is 0.857. The van der Waals surface area contributed by atoms with Crippen molar-refractivity contribution in [3.8, 4) is 6.07 Å². The second-order valence-corrected chi connectivity index (χ2v) is 8.64. The van der Waals surface area contributed by atoms with Crippen molar-refractivity contribution in [3.05, 3.63) is 22.9 Å². The van der Waals surface area contributed by atoms with E-state index >= 15 is 0 Å². The lowest BCUT2D eigenvalue weighted by molar-refractivity contribution is -0.150. The SMILES string of the molecule is CS(=O)(=O)OC1=C(C(=O)O)N2C(=O)[C@@H](NC(=O)CSC=CC#N)[C@@H]2SC1. The first kappa shape index (κ1) is 20.1. The summed E-state index contributed by atoms with van der Waals surface area (Å²) in [4.78, 5) is 36.5. The van der Waals surface area contributed by atoms with Gasteiger partial charge in [0.1, 0.15) is 11.4 Å². The van der Waals surface area contributed by atoms with Crippen molar-refractivity contribution in [3.63, 3.8) is 0 Å². The summed E-state index contributed by atoms with van der Waals surface area (Å²) < 4.78 is 27.2. The van der Waals surface area contributed by atoms with Crippen molar-refractivity contribution in [2.75, 3.05) is 17.8 Å². The first-order chi connectivity index (χ1) is 12.2. The van der Waals surface area contributed by atoms with Gasteiger partial charge in [0.2, 0.25) is 5.91 Å². The van der Waals surface area contributed by atoms with Crippen molar-refractivity contribution >= 4 is 51.4 Å². The fourth-order valence-electron chi connectivity index (χ4n) is 2.26. The lowest BCUT2D eigenvalue weighted by atomic mass is 10.0. The van der Waals surface area contributed by atoms with Gasteiger partial charge in [0.25, 0.3) is 5.91 Å². The van der Waals surface area contributed by atoms with E-state index in [-0.39, 0.29) is 17.3 Å². The molecule has 26 heavy (non-hydrogen) atoms. The molecule has 0 bridgehead atoms. The molecule has 0 aromatic rings. The van der Waals surface area contributed by atoms with Crippen molar-refractivity contribution in [2.24, 2.45) is 0 Å². The third-order valence-corrected chi connectivity index (χ3v) is 5.67. The Bertz CT molecular complexity index is 844. The van der Waals surface area contributed by atoms with E-state index in [1.165, 1.54) is 11.5 Å². The predicted octanol–water partition coefficient (Wildman–Crippen LogP) is -0.571. The maximum Gasteiger partial charge on any atom is 0.356 e. The minimum Gasteiger partial charge on any atom is -0.476 e. The van der Waals surface area contributed by atoms with Crippen molar-refractivity contribution in [1.29, 1.82) is 5.26 Å². The molecule has 2 N–H and O–H groups in total. The smallest absolute Gasteiger partial charge is 0.356 e. The van der Waals surface area contributed by atoms with Gasteiger partial charge in [0, 0.05) is 6.08 Å². The zero-order valence-electron chi connectivity index (χ0n) is 13.2. The van der Waals surface area contributed by atoms with Crippen LogP contribution >= 0.6 is 23.5 Å². The lowest BCUT2D eigenvalue weighted by Crippen LogP contribution is -2.70. The number of allylic oxidation sites excluding steroid dienone is 1. The number of carboxylic acid groups (broad SMARTS) is 1. The average Bonchev–Trinajstić information content (AvgIpc) is 2.54. The van der Waals surface area contributed by atoms with Crippen LogP contribution in [0.2, 0.25) is 0 Å². The monoisotopic (exact) mass is 419 g/mol. The highest BCUT2D eigenvalue weighted by Crippen LogP contribution is 2.40. The summed E-state index contributed by atoms with van der Waals surface area (Å²) in [5, 5.41) is 20.9. The number of carbonyl (C=O) groups is 3. The molecule has 2 aliphatic rings. The maximum atomic E-state index is 12.3. The first-order valence-corrected chi connectivity index (χ1v) is 10.8. The molecule has 0 saturated carbocycles. The molecule has 2 rings (SSSR count). The molecule has 0 unspecified atom stereocenters. The molecule has 1 fully saturated rings. The summed E-state index contributed by atoms with van der Waals surface area (Å²) in [5.74, 6) is -3.03. The van der Waals surface area contributed by atoms with Crippen LogP contribution < -0.4 is 5.32 Å². The van der Waals surface area contributed by atoms with E-state index in [2.05, 4.69) is 9.50 Å². The fourth-order valence-corrected chi connectivity index (χ4v) is 4.57. The number of carbonyl (C=O) groups excluding carboxylic acids is 2. The second-order valence-electron chi connectivity index (χ2n) is 5.06. The van der Waals surface area contributed by atoms with Crippen LogP contribution in [0.15, 0.2) is 22.9 Å². The Hall–Kier alpha value is -2.17. The molecular weight excluding hydrogens is 406 g/mol. The molecule has 0 aromatic heterocycles. The number of fused-ring (bicyclic) bond motifs is 1. The Morgan fingerprint density at radius 1 is 1.58 bits per heavy atom. The number of aliphatic carboxylic acids is 1. The third kappa shape index (κ3) is 4.51. The third-order valence-electron chi connectivity index (χ3n) is 3.16. The summed E-state index contributed by atoms with van der Waals surface area (Å²) in [6.07, 6.45) is 1.98. The summed E-state index contributed by atoms with van der Waals surface area (Å²) in [7, 11) is -3.95. The van der Waals surface area contributed by atoms with Crippen molar-refractivity contribution in [1.82, 2.24) is 10.2 Å². The minimum atomic E-state index is -3.95.